The molecule has 2 rings (SSSR count). The number of carbonyl (C=O) groups is 1. The normalized spacial score (nSPS) is 13.3. The van der Waals surface area contributed by atoms with E-state index in [4.69, 9.17) is 14.2 Å². The van der Waals surface area contributed by atoms with E-state index in [1.165, 1.54) is 20.3 Å². The number of benzene rings is 1. The van der Waals surface area contributed by atoms with Gasteiger partial charge in [0.1, 0.15) is 11.3 Å². The van der Waals surface area contributed by atoms with Crippen molar-refractivity contribution in [3.63, 3.8) is 0 Å². The topological polar surface area (TPSA) is 65.0 Å². The molecule has 1 heterocycles. The lowest BCUT2D eigenvalue weighted by Crippen LogP contribution is -2.00. The third kappa shape index (κ3) is 1.27. The van der Waals surface area contributed by atoms with Gasteiger partial charge in [-0.3, -0.25) is 4.79 Å². The summed E-state index contributed by atoms with van der Waals surface area (Å²) in [6.07, 6.45) is 0. The Balaban J connectivity index is 2.70. The molecule has 0 spiro atoms. The van der Waals surface area contributed by atoms with E-state index in [9.17, 15) is 9.90 Å². The van der Waals surface area contributed by atoms with E-state index in [-0.39, 0.29) is 29.6 Å². The van der Waals surface area contributed by atoms with Gasteiger partial charge in [0.2, 0.25) is 11.5 Å². The Bertz CT molecular complexity index is 424. The predicted octanol–water partition coefficient (Wildman–Crippen LogP) is 0.984. The van der Waals surface area contributed by atoms with Crippen molar-refractivity contribution in [2.45, 2.75) is 0 Å². The van der Waals surface area contributed by atoms with E-state index in [0.717, 1.165) is 0 Å². The van der Waals surface area contributed by atoms with Gasteiger partial charge in [-0.1, -0.05) is 0 Å². The maximum atomic E-state index is 11.5. The molecule has 0 amide bonds. The molecule has 0 unspecified atom stereocenters. The van der Waals surface area contributed by atoms with Gasteiger partial charge in [0, 0.05) is 6.07 Å². The maximum absolute atomic E-state index is 11.5. The number of ether oxygens (including phenoxy) is 3. The smallest absolute Gasteiger partial charge is 0.207 e. The van der Waals surface area contributed by atoms with E-state index in [1.807, 2.05) is 0 Å². The quantitative estimate of drug-likeness (QED) is 0.788. The third-order valence-corrected chi connectivity index (χ3v) is 2.23. The SMILES string of the molecule is COc1cc(O)c(OC)c2c1C(=O)CO2. The summed E-state index contributed by atoms with van der Waals surface area (Å²) in [6.45, 7) is -0.0501. The second-order valence-corrected chi connectivity index (χ2v) is 3.05. The number of Topliss-reactive ketones (excluding diaryl/α,β-unsaturated/α-hetero) is 1. The number of phenolic OH excluding ortho intramolecular Hbond substituents is 1. The van der Waals surface area contributed by atoms with Crippen molar-refractivity contribution < 1.29 is 24.1 Å². The molecule has 15 heavy (non-hydrogen) atoms. The number of aromatic hydroxyl groups is 1. The van der Waals surface area contributed by atoms with Crippen LogP contribution in [-0.4, -0.2) is 31.7 Å². The molecule has 0 radical (unpaired) electrons. The van der Waals surface area contributed by atoms with Gasteiger partial charge in [-0.2, -0.15) is 0 Å². The standard InChI is InChI=1S/C10H10O5/c1-13-7-3-5(11)9(14-2)10-8(7)6(12)4-15-10/h3,11H,4H2,1-2H3. The average Bonchev–Trinajstić information content (AvgIpc) is 2.60. The number of fused-ring (bicyclic) bond motifs is 1. The van der Waals surface area contributed by atoms with Crippen LogP contribution in [0.15, 0.2) is 6.07 Å². The summed E-state index contributed by atoms with van der Waals surface area (Å²) >= 11 is 0. The predicted molar refractivity (Wildman–Crippen MR) is 51.0 cm³/mol. The van der Waals surface area contributed by atoms with Crippen molar-refractivity contribution in [2.75, 3.05) is 20.8 Å². The van der Waals surface area contributed by atoms with Gasteiger partial charge < -0.3 is 19.3 Å². The van der Waals surface area contributed by atoms with Crippen LogP contribution in [0.3, 0.4) is 0 Å². The van der Waals surface area contributed by atoms with Crippen molar-refractivity contribution in [2.24, 2.45) is 0 Å². The molecule has 1 aliphatic rings. The Morgan fingerprint density at radius 3 is 2.73 bits per heavy atom. The monoisotopic (exact) mass is 210 g/mol. The van der Waals surface area contributed by atoms with Gasteiger partial charge in [0.15, 0.2) is 18.1 Å². The highest BCUT2D eigenvalue weighted by Gasteiger charge is 2.31. The molecule has 5 nitrogen and oxygen atoms in total. The first-order valence-electron chi connectivity index (χ1n) is 4.33. The van der Waals surface area contributed by atoms with Crippen LogP contribution in [0.1, 0.15) is 10.4 Å². The fraction of sp³-hybridized carbons (Fsp3) is 0.300. The van der Waals surface area contributed by atoms with Crippen molar-refractivity contribution in [3.8, 4) is 23.0 Å². The molecule has 0 saturated heterocycles. The summed E-state index contributed by atoms with van der Waals surface area (Å²) in [5.74, 6) is 0.421. The molecule has 0 atom stereocenters. The number of ketones is 1. The zero-order valence-electron chi connectivity index (χ0n) is 8.36. The summed E-state index contributed by atoms with van der Waals surface area (Å²) in [7, 11) is 2.82. The zero-order chi connectivity index (χ0) is 11.0. The third-order valence-electron chi connectivity index (χ3n) is 2.23. The second kappa shape index (κ2) is 3.34. The molecule has 0 saturated carbocycles. The number of phenols is 1. The Morgan fingerprint density at radius 1 is 1.40 bits per heavy atom. The van der Waals surface area contributed by atoms with E-state index in [2.05, 4.69) is 0 Å². The minimum atomic E-state index is -0.180. The van der Waals surface area contributed by atoms with Crippen LogP contribution < -0.4 is 14.2 Å². The van der Waals surface area contributed by atoms with Crippen LogP contribution in [-0.2, 0) is 0 Å². The highest BCUT2D eigenvalue weighted by molar-refractivity contribution is 6.06. The molecule has 5 heteroatoms. The first-order valence-corrected chi connectivity index (χ1v) is 4.33. The van der Waals surface area contributed by atoms with Crippen molar-refractivity contribution in [3.05, 3.63) is 11.6 Å². The van der Waals surface area contributed by atoms with Crippen LogP contribution >= 0.6 is 0 Å². The van der Waals surface area contributed by atoms with E-state index < -0.39 is 0 Å². The summed E-state index contributed by atoms with van der Waals surface area (Å²) in [5.41, 5.74) is 0.326. The number of hydrogen-bond acceptors (Lipinski definition) is 5. The van der Waals surface area contributed by atoms with E-state index in [1.54, 1.807) is 0 Å². The van der Waals surface area contributed by atoms with Gasteiger partial charge in [-0.05, 0) is 0 Å². The van der Waals surface area contributed by atoms with Gasteiger partial charge >= 0.3 is 0 Å². The molecular formula is C10H10O5. The van der Waals surface area contributed by atoms with Gasteiger partial charge in [0.25, 0.3) is 0 Å². The summed E-state index contributed by atoms with van der Waals surface area (Å²) < 4.78 is 15.1. The van der Waals surface area contributed by atoms with Gasteiger partial charge in [-0.25, -0.2) is 0 Å². The molecule has 0 bridgehead atoms. The summed E-state index contributed by atoms with van der Waals surface area (Å²) in [5, 5.41) is 9.58. The van der Waals surface area contributed by atoms with E-state index >= 15 is 0 Å². The molecular weight excluding hydrogens is 200 g/mol. The number of rotatable bonds is 2. The van der Waals surface area contributed by atoms with Crippen LogP contribution in [0.4, 0.5) is 0 Å². The first-order chi connectivity index (χ1) is 7.19. The van der Waals surface area contributed by atoms with Crippen LogP contribution in [0, 0.1) is 0 Å². The Morgan fingerprint density at radius 2 is 2.13 bits per heavy atom. The molecule has 1 N–H and O–H groups in total. The van der Waals surface area contributed by atoms with Crippen molar-refractivity contribution in [1.82, 2.24) is 0 Å². The van der Waals surface area contributed by atoms with Crippen LogP contribution in [0.5, 0.6) is 23.0 Å². The highest BCUT2D eigenvalue weighted by Crippen LogP contribution is 2.47. The minimum Gasteiger partial charge on any atom is -0.504 e. The Labute approximate surface area is 86.2 Å². The molecule has 0 aliphatic carbocycles. The van der Waals surface area contributed by atoms with Crippen molar-refractivity contribution >= 4 is 5.78 Å². The summed E-state index contributed by atoms with van der Waals surface area (Å²) in [4.78, 5) is 11.5. The second-order valence-electron chi connectivity index (χ2n) is 3.05. The molecule has 1 aromatic rings. The largest absolute Gasteiger partial charge is 0.504 e. The van der Waals surface area contributed by atoms with Crippen LogP contribution in [0.2, 0.25) is 0 Å². The molecule has 1 aromatic carbocycles. The minimum absolute atomic E-state index is 0.0501. The molecule has 0 aromatic heterocycles. The zero-order valence-corrected chi connectivity index (χ0v) is 8.36. The molecule has 80 valence electrons. The van der Waals surface area contributed by atoms with Gasteiger partial charge in [-0.15, -0.1) is 0 Å². The number of hydrogen-bond donors (Lipinski definition) is 1. The van der Waals surface area contributed by atoms with Crippen LogP contribution in [0.25, 0.3) is 0 Å². The lowest BCUT2D eigenvalue weighted by molar-refractivity contribution is 0.0959. The fourth-order valence-electron chi connectivity index (χ4n) is 1.57. The van der Waals surface area contributed by atoms with Gasteiger partial charge in [0.05, 0.1) is 14.2 Å². The molecule has 0 fully saturated rings. The molecule has 1 aliphatic heterocycles. The Hall–Kier alpha value is -1.91. The maximum Gasteiger partial charge on any atom is 0.207 e. The first kappa shape index (κ1) is 9.64. The Kier molecular flexibility index (Phi) is 2.15. The highest BCUT2D eigenvalue weighted by atomic mass is 16.5. The average molecular weight is 210 g/mol. The number of methoxy groups -OCH3 is 2. The summed E-state index contributed by atoms with van der Waals surface area (Å²) in [6, 6.07) is 1.34. The van der Waals surface area contributed by atoms with Crippen molar-refractivity contribution in [1.29, 1.82) is 0 Å². The van der Waals surface area contributed by atoms with E-state index in [0.29, 0.717) is 11.3 Å². The lowest BCUT2D eigenvalue weighted by atomic mass is 10.1. The fourth-order valence-corrected chi connectivity index (χ4v) is 1.57. The lowest BCUT2D eigenvalue weighted by Gasteiger charge is -2.10. The number of carbonyl (C=O) groups excluding carboxylic acids is 1.